The summed E-state index contributed by atoms with van der Waals surface area (Å²) in [6, 6.07) is 63.8. The van der Waals surface area contributed by atoms with Gasteiger partial charge >= 0.3 is 0 Å². The molecule has 6 heteroatoms. The van der Waals surface area contributed by atoms with Gasteiger partial charge in [0, 0.05) is 70.2 Å². The first kappa shape index (κ1) is 31.9. The molecule has 4 heterocycles. The summed E-state index contributed by atoms with van der Waals surface area (Å²) in [7, 11) is 0. The Labute approximate surface area is 330 Å². The highest BCUT2D eigenvalue weighted by molar-refractivity contribution is 7.26. The van der Waals surface area contributed by atoms with Gasteiger partial charge in [0.2, 0.25) is 0 Å². The molecule has 4 aromatic heterocycles. The fraction of sp³-hybridized carbons (Fsp3) is 0. The number of aromatic nitrogens is 4. The van der Waals surface area contributed by atoms with Crippen molar-refractivity contribution in [2.45, 2.75) is 0 Å². The summed E-state index contributed by atoms with van der Waals surface area (Å²) in [5.74, 6) is 1.88. The number of para-hydroxylation sites is 2. The first-order chi connectivity index (χ1) is 28.2. The number of thiophene rings is 1. The number of hydrogen-bond donors (Lipinski definition) is 0. The Morgan fingerprint density at radius 3 is 1.88 bits per heavy atom. The van der Waals surface area contributed by atoms with Gasteiger partial charge in [0.15, 0.2) is 17.5 Å². The molecule has 0 spiro atoms. The van der Waals surface area contributed by atoms with E-state index in [9.17, 15) is 0 Å². The molecule has 0 aliphatic heterocycles. The SMILES string of the molecule is c1ccc(-c2cccc(-c3nc(-c4ccccc4)nc(-c4cc(-n5c6ccccc6c6cc7c(cc65)oc5ccccc57)cc5c4sc4ccccc45)n3)c2)cc1. The third-order valence-corrected chi connectivity index (χ3v) is 12.2. The highest BCUT2D eigenvalue weighted by Crippen LogP contribution is 2.44. The Bertz CT molecular complexity index is 3530. The number of rotatable bonds is 5. The summed E-state index contributed by atoms with van der Waals surface area (Å²) >= 11 is 1.78. The fourth-order valence-electron chi connectivity index (χ4n) is 8.38. The second-order valence-electron chi connectivity index (χ2n) is 14.4. The van der Waals surface area contributed by atoms with Gasteiger partial charge in [-0.3, -0.25) is 0 Å². The topological polar surface area (TPSA) is 56.7 Å². The van der Waals surface area contributed by atoms with Gasteiger partial charge in [0.25, 0.3) is 0 Å². The Morgan fingerprint density at radius 1 is 0.386 bits per heavy atom. The number of fused-ring (bicyclic) bond motifs is 9. The van der Waals surface area contributed by atoms with E-state index < -0.39 is 0 Å². The molecule has 0 fully saturated rings. The predicted octanol–water partition coefficient (Wildman–Crippen LogP) is 13.9. The minimum absolute atomic E-state index is 0.625. The van der Waals surface area contributed by atoms with Gasteiger partial charge in [0.1, 0.15) is 11.2 Å². The molecule has 0 radical (unpaired) electrons. The van der Waals surface area contributed by atoms with Crippen LogP contribution in [0.2, 0.25) is 0 Å². The summed E-state index contributed by atoms with van der Waals surface area (Å²) in [5, 5.41) is 6.96. The minimum atomic E-state index is 0.625. The Kier molecular flexibility index (Phi) is 7.03. The van der Waals surface area contributed by atoms with E-state index in [-0.39, 0.29) is 0 Å². The molecule has 0 aliphatic carbocycles. The average molecular weight is 747 g/mol. The van der Waals surface area contributed by atoms with Gasteiger partial charge in [-0.1, -0.05) is 133 Å². The summed E-state index contributed by atoms with van der Waals surface area (Å²) < 4.78 is 11.2. The van der Waals surface area contributed by atoms with Crippen LogP contribution in [0.25, 0.3) is 115 Å². The zero-order chi connectivity index (χ0) is 37.5. The van der Waals surface area contributed by atoms with E-state index >= 15 is 0 Å². The van der Waals surface area contributed by atoms with Crippen LogP contribution in [0.5, 0.6) is 0 Å². The maximum atomic E-state index is 6.46. The maximum Gasteiger partial charge on any atom is 0.165 e. The molecule has 0 unspecified atom stereocenters. The van der Waals surface area contributed by atoms with E-state index in [4.69, 9.17) is 19.4 Å². The van der Waals surface area contributed by atoms with Crippen molar-refractivity contribution >= 4 is 75.3 Å². The molecule has 0 atom stereocenters. The van der Waals surface area contributed by atoms with Crippen LogP contribution in [0.1, 0.15) is 0 Å². The van der Waals surface area contributed by atoms with E-state index in [2.05, 4.69) is 150 Å². The lowest BCUT2D eigenvalue weighted by atomic mass is 10.0. The van der Waals surface area contributed by atoms with Crippen molar-refractivity contribution in [3.63, 3.8) is 0 Å². The molecule has 0 amide bonds. The lowest BCUT2D eigenvalue weighted by Crippen LogP contribution is -2.01. The van der Waals surface area contributed by atoms with Crippen LogP contribution in [0, 0.1) is 0 Å². The van der Waals surface area contributed by atoms with Crippen LogP contribution in [-0.2, 0) is 0 Å². The fourth-order valence-corrected chi connectivity index (χ4v) is 9.58. The van der Waals surface area contributed by atoms with Gasteiger partial charge in [-0.25, -0.2) is 15.0 Å². The van der Waals surface area contributed by atoms with Crippen molar-refractivity contribution in [1.82, 2.24) is 19.5 Å². The Morgan fingerprint density at radius 2 is 1.04 bits per heavy atom. The Hall–Kier alpha value is -7.41. The molecule has 266 valence electrons. The van der Waals surface area contributed by atoms with Crippen LogP contribution < -0.4 is 0 Å². The third kappa shape index (κ3) is 5.12. The zero-order valence-corrected chi connectivity index (χ0v) is 31.2. The normalized spacial score (nSPS) is 11.9. The summed E-state index contributed by atoms with van der Waals surface area (Å²) in [4.78, 5) is 15.7. The average Bonchev–Trinajstić information content (AvgIpc) is 3.95. The van der Waals surface area contributed by atoms with Gasteiger partial charge in [0.05, 0.1) is 11.0 Å². The zero-order valence-electron chi connectivity index (χ0n) is 30.4. The number of benzene rings is 8. The quantitative estimate of drug-likeness (QED) is 0.176. The van der Waals surface area contributed by atoms with Gasteiger partial charge in [-0.05, 0) is 53.6 Å². The molecule has 5 nitrogen and oxygen atoms in total. The third-order valence-electron chi connectivity index (χ3n) is 11.0. The standard InChI is InChI=1S/C51H30N4OS/c1-3-14-31(15-4-1)33-18-13-19-34(26-33)50-52-49(32-16-5-2-6-17-32)53-51(54-50)42-28-35(27-41-38-22-9-12-25-47(38)57-48(41)42)55-43-23-10-7-20-36(43)39-29-40-37-21-8-11-24-45(37)56-46(40)30-44(39)55/h1-30H. The van der Waals surface area contributed by atoms with Crippen LogP contribution >= 0.6 is 11.3 Å². The largest absolute Gasteiger partial charge is 0.456 e. The minimum Gasteiger partial charge on any atom is -0.456 e. The van der Waals surface area contributed by atoms with Crippen molar-refractivity contribution in [3.05, 3.63) is 182 Å². The second kappa shape index (κ2) is 12.6. The molecule has 0 saturated carbocycles. The summed E-state index contributed by atoms with van der Waals surface area (Å²) in [6.07, 6.45) is 0. The van der Waals surface area contributed by atoms with Crippen LogP contribution in [0.3, 0.4) is 0 Å². The molecular formula is C51H30N4OS. The molecule has 0 saturated heterocycles. The summed E-state index contributed by atoms with van der Waals surface area (Å²) in [6.45, 7) is 0. The van der Waals surface area contributed by atoms with Crippen molar-refractivity contribution in [3.8, 4) is 51.0 Å². The lowest BCUT2D eigenvalue weighted by Gasteiger charge is -2.13. The predicted molar refractivity (Wildman–Crippen MR) is 236 cm³/mol. The first-order valence-corrected chi connectivity index (χ1v) is 19.8. The van der Waals surface area contributed by atoms with E-state index in [1.165, 1.54) is 20.9 Å². The first-order valence-electron chi connectivity index (χ1n) is 19.0. The van der Waals surface area contributed by atoms with E-state index in [1.807, 2.05) is 36.4 Å². The molecule has 8 aromatic carbocycles. The monoisotopic (exact) mass is 746 g/mol. The van der Waals surface area contributed by atoms with E-state index in [0.29, 0.717) is 17.5 Å². The number of hydrogen-bond acceptors (Lipinski definition) is 5. The summed E-state index contributed by atoms with van der Waals surface area (Å²) in [5.41, 5.74) is 10.0. The Balaban J connectivity index is 1.15. The van der Waals surface area contributed by atoms with Gasteiger partial charge < -0.3 is 8.98 Å². The van der Waals surface area contributed by atoms with Crippen molar-refractivity contribution in [2.24, 2.45) is 0 Å². The molecular weight excluding hydrogens is 717 g/mol. The van der Waals surface area contributed by atoms with Crippen LogP contribution in [0.4, 0.5) is 0 Å². The number of furan rings is 1. The van der Waals surface area contributed by atoms with Crippen molar-refractivity contribution in [2.75, 3.05) is 0 Å². The highest BCUT2D eigenvalue weighted by atomic mass is 32.1. The molecule has 0 aliphatic rings. The lowest BCUT2D eigenvalue weighted by molar-refractivity contribution is 0.669. The maximum absolute atomic E-state index is 6.46. The smallest absolute Gasteiger partial charge is 0.165 e. The van der Waals surface area contributed by atoms with E-state index in [0.717, 1.165) is 76.6 Å². The van der Waals surface area contributed by atoms with Crippen molar-refractivity contribution in [1.29, 1.82) is 0 Å². The molecule has 0 bridgehead atoms. The highest BCUT2D eigenvalue weighted by Gasteiger charge is 2.22. The molecule has 57 heavy (non-hydrogen) atoms. The molecule has 12 aromatic rings. The number of nitrogens with zero attached hydrogens (tertiary/aromatic N) is 4. The van der Waals surface area contributed by atoms with Crippen molar-refractivity contribution < 1.29 is 4.42 Å². The van der Waals surface area contributed by atoms with Gasteiger partial charge in [-0.15, -0.1) is 11.3 Å². The molecule has 0 N–H and O–H groups in total. The molecule has 12 rings (SSSR count). The van der Waals surface area contributed by atoms with Crippen LogP contribution in [0.15, 0.2) is 186 Å². The van der Waals surface area contributed by atoms with E-state index in [1.54, 1.807) is 11.3 Å². The second-order valence-corrected chi connectivity index (χ2v) is 15.5. The van der Waals surface area contributed by atoms with Gasteiger partial charge in [-0.2, -0.15) is 0 Å². The van der Waals surface area contributed by atoms with Crippen LogP contribution in [-0.4, -0.2) is 19.5 Å².